The van der Waals surface area contributed by atoms with E-state index in [1.165, 1.54) is 18.2 Å². The summed E-state index contributed by atoms with van der Waals surface area (Å²) in [5, 5.41) is 13.2. The summed E-state index contributed by atoms with van der Waals surface area (Å²) >= 11 is 3.14. The van der Waals surface area contributed by atoms with Crippen LogP contribution in [-0.2, 0) is 0 Å². The highest BCUT2D eigenvalue weighted by Crippen LogP contribution is 2.22. The van der Waals surface area contributed by atoms with Gasteiger partial charge in [0.05, 0.1) is 10.5 Å². The van der Waals surface area contributed by atoms with Crippen molar-refractivity contribution < 1.29 is 9.72 Å². The molecule has 1 rings (SSSR count). The summed E-state index contributed by atoms with van der Waals surface area (Å²) in [5.41, 5.74) is 1.13. The van der Waals surface area contributed by atoms with Crippen LogP contribution in [0.4, 0.5) is 5.69 Å². The lowest BCUT2D eigenvalue weighted by Crippen LogP contribution is -2.25. The first-order chi connectivity index (χ1) is 7.91. The van der Waals surface area contributed by atoms with Gasteiger partial charge in [-0.3, -0.25) is 14.9 Å². The minimum atomic E-state index is -0.514. The minimum absolute atomic E-state index is 0.0617. The Hall–Kier alpha value is -1.69. The fraction of sp³-hybridized carbons (Fsp3) is 0.182. The van der Waals surface area contributed by atoms with E-state index in [1.54, 1.807) is 6.92 Å². The van der Waals surface area contributed by atoms with E-state index in [9.17, 15) is 14.9 Å². The summed E-state index contributed by atoms with van der Waals surface area (Å²) < 4.78 is 0.394. The number of nitro groups is 1. The molecule has 17 heavy (non-hydrogen) atoms. The Kier molecular flexibility index (Phi) is 4.39. The molecule has 0 aliphatic rings. The van der Waals surface area contributed by atoms with Crippen LogP contribution in [0.1, 0.15) is 17.3 Å². The smallest absolute Gasteiger partial charge is 0.270 e. The molecule has 90 valence electrons. The SMILES string of the molecule is C=C(C)CNC(=O)c1ccc([N+](=O)[O-])cc1Br. The third-order valence-corrected chi connectivity index (χ3v) is 2.61. The number of non-ortho nitro benzene ring substituents is 1. The topological polar surface area (TPSA) is 72.2 Å². The van der Waals surface area contributed by atoms with Crippen molar-refractivity contribution in [3.8, 4) is 0 Å². The monoisotopic (exact) mass is 298 g/mol. The highest BCUT2D eigenvalue weighted by molar-refractivity contribution is 9.10. The van der Waals surface area contributed by atoms with Gasteiger partial charge >= 0.3 is 0 Å². The van der Waals surface area contributed by atoms with Crippen molar-refractivity contribution >= 4 is 27.5 Å². The predicted molar refractivity (Wildman–Crippen MR) is 67.9 cm³/mol. The maximum absolute atomic E-state index is 11.7. The number of rotatable bonds is 4. The average Bonchev–Trinajstić information content (AvgIpc) is 2.25. The van der Waals surface area contributed by atoms with Crippen molar-refractivity contribution in [3.63, 3.8) is 0 Å². The van der Waals surface area contributed by atoms with Gasteiger partial charge in [0.2, 0.25) is 0 Å². The fourth-order valence-electron chi connectivity index (χ4n) is 1.13. The zero-order valence-corrected chi connectivity index (χ0v) is 10.8. The van der Waals surface area contributed by atoms with Crippen LogP contribution < -0.4 is 5.32 Å². The molecule has 1 N–H and O–H groups in total. The van der Waals surface area contributed by atoms with Gasteiger partial charge in [-0.1, -0.05) is 12.2 Å². The van der Waals surface area contributed by atoms with Crippen LogP contribution in [0.3, 0.4) is 0 Å². The Labute approximate surface area is 107 Å². The van der Waals surface area contributed by atoms with E-state index in [0.29, 0.717) is 16.6 Å². The second kappa shape index (κ2) is 5.58. The zero-order chi connectivity index (χ0) is 13.0. The third-order valence-electron chi connectivity index (χ3n) is 1.96. The molecule has 0 aliphatic heterocycles. The van der Waals surface area contributed by atoms with Gasteiger partial charge < -0.3 is 5.32 Å². The number of carbonyl (C=O) groups is 1. The van der Waals surface area contributed by atoms with Gasteiger partial charge in [0.15, 0.2) is 0 Å². The molecule has 0 fully saturated rings. The van der Waals surface area contributed by atoms with E-state index in [2.05, 4.69) is 27.8 Å². The molecule has 5 nitrogen and oxygen atoms in total. The van der Waals surface area contributed by atoms with Crippen LogP contribution in [0, 0.1) is 10.1 Å². The van der Waals surface area contributed by atoms with Crippen LogP contribution in [0.15, 0.2) is 34.8 Å². The number of amides is 1. The zero-order valence-electron chi connectivity index (χ0n) is 9.20. The van der Waals surface area contributed by atoms with E-state index in [1.807, 2.05) is 0 Å². The van der Waals surface area contributed by atoms with Crippen LogP contribution >= 0.6 is 15.9 Å². The van der Waals surface area contributed by atoms with Crippen molar-refractivity contribution in [1.29, 1.82) is 0 Å². The normalized spacial score (nSPS) is 9.76. The molecule has 0 bridgehead atoms. The van der Waals surface area contributed by atoms with E-state index in [4.69, 9.17) is 0 Å². The van der Waals surface area contributed by atoms with Crippen molar-refractivity contribution in [3.05, 3.63) is 50.5 Å². The Morgan fingerprint density at radius 2 is 2.24 bits per heavy atom. The van der Waals surface area contributed by atoms with Crippen molar-refractivity contribution in [2.45, 2.75) is 6.92 Å². The second-order valence-electron chi connectivity index (χ2n) is 3.56. The van der Waals surface area contributed by atoms with Gasteiger partial charge in [0, 0.05) is 23.2 Å². The van der Waals surface area contributed by atoms with E-state index >= 15 is 0 Å². The Morgan fingerprint density at radius 1 is 1.59 bits per heavy atom. The number of carbonyl (C=O) groups excluding carboxylic acids is 1. The number of nitro benzene ring substituents is 1. The van der Waals surface area contributed by atoms with Crippen LogP contribution in [-0.4, -0.2) is 17.4 Å². The van der Waals surface area contributed by atoms with Crippen molar-refractivity contribution in [2.24, 2.45) is 0 Å². The molecule has 0 spiro atoms. The van der Waals surface area contributed by atoms with Crippen LogP contribution in [0.2, 0.25) is 0 Å². The second-order valence-corrected chi connectivity index (χ2v) is 4.42. The summed E-state index contributed by atoms with van der Waals surface area (Å²) in [6.07, 6.45) is 0. The lowest BCUT2D eigenvalue weighted by atomic mass is 10.2. The molecule has 0 atom stereocenters. The molecule has 0 radical (unpaired) electrons. The molecule has 1 aromatic carbocycles. The quantitative estimate of drug-likeness (QED) is 0.528. The Bertz CT molecular complexity index is 486. The maximum atomic E-state index is 11.7. The van der Waals surface area contributed by atoms with Gasteiger partial charge in [0.1, 0.15) is 0 Å². The minimum Gasteiger partial charge on any atom is -0.348 e. The van der Waals surface area contributed by atoms with Gasteiger partial charge in [-0.25, -0.2) is 0 Å². The van der Waals surface area contributed by atoms with Gasteiger partial charge in [-0.2, -0.15) is 0 Å². The number of nitrogens with one attached hydrogen (secondary N) is 1. The highest BCUT2D eigenvalue weighted by atomic mass is 79.9. The van der Waals surface area contributed by atoms with Gasteiger partial charge in [-0.05, 0) is 28.9 Å². The molecular formula is C11H11BrN2O3. The van der Waals surface area contributed by atoms with Crippen LogP contribution in [0.5, 0.6) is 0 Å². The Morgan fingerprint density at radius 3 is 2.71 bits per heavy atom. The first-order valence-corrected chi connectivity index (χ1v) is 5.57. The average molecular weight is 299 g/mol. The molecular weight excluding hydrogens is 288 g/mol. The molecule has 1 aromatic rings. The number of hydrogen-bond donors (Lipinski definition) is 1. The van der Waals surface area contributed by atoms with E-state index < -0.39 is 4.92 Å². The molecule has 0 unspecified atom stereocenters. The molecule has 6 heteroatoms. The van der Waals surface area contributed by atoms with E-state index in [-0.39, 0.29) is 11.6 Å². The summed E-state index contributed by atoms with van der Waals surface area (Å²) in [7, 11) is 0. The summed E-state index contributed by atoms with van der Waals surface area (Å²) in [4.78, 5) is 21.7. The van der Waals surface area contributed by atoms with Crippen molar-refractivity contribution in [1.82, 2.24) is 5.32 Å². The first kappa shape index (κ1) is 13.4. The molecule has 0 saturated carbocycles. The molecule has 1 amide bonds. The summed E-state index contributed by atoms with van der Waals surface area (Å²) in [6.45, 7) is 5.84. The first-order valence-electron chi connectivity index (χ1n) is 4.78. The maximum Gasteiger partial charge on any atom is 0.270 e. The summed E-state index contributed by atoms with van der Waals surface area (Å²) in [6, 6.07) is 4.01. The standard InChI is InChI=1S/C11H11BrN2O3/c1-7(2)6-13-11(15)9-4-3-8(14(16)17)5-10(9)12/h3-5H,1,6H2,2H3,(H,13,15). The van der Waals surface area contributed by atoms with E-state index in [0.717, 1.165) is 5.57 Å². The third kappa shape index (κ3) is 3.67. The largest absolute Gasteiger partial charge is 0.348 e. The van der Waals surface area contributed by atoms with Gasteiger partial charge in [-0.15, -0.1) is 0 Å². The van der Waals surface area contributed by atoms with Gasteiger partial charge in [0.25, 0.3) is 11.6 Å². The fourth-order valence-corrected chi connectivity index (χ4v) is 1.67. The lowest BCUT2D eigenvalue weighted by Gasteiger charge is -2.06. The number of halogens is 1. The number of benzene rings is 1. The Balaban J connectivity index is 2.88. The molecule has 0 heterocycles. The number of hydrogen-bond acceptors (Lipinski definition) is 3. The number of nitrogens with zero attached hydrogens (tertiary/aromatic N) is 1. The van der Waals surface area contributed by atoms with Crippen molar-refractivity contribution in [2.75, 3.05) is 6.54 Å². The molecule has 0 aromatic heterocycles. The highest BCUT2D eigenvalue weighted by Gasteiger charge is 2.13. The summed E-state index contributed by atoms with van der Waals surface area (Å²) in [5.74, 6) is -0.297. The predicted octanol–water partition coefficient (Wildman–Crippen LogP) is 2.66. The molecule has 0 aliphatic carbocycles. The molecule has 0 saturated heterocycles. The van der Waals surface area contributed by atoms with Crippen LogP contribution in [0.25, 0.3) is 0 Å². The lowest BCUT2D eigenvalue weighted by molar-refractivity contribution is -0.384.